The number of aliphatic hydroxyl groups is 1. The first kappa shape index (κ1) is 20.0. The van der Waals surface area contributed by atoms with Gasteiger partial charge in [0.2, 0.25) is 11.8 Å². The number of halogens is 1. The number of rotatable bonds is 5. The first-order chi connectivity index (χ1) is 13.8. The van der Waals surface area contributed by atoms with Crippen molar-refractivity contribution in [1.29, 1.82) is 0 Å². The Morgan fingerprint density at radius 3 is 2.48 bits per heavy atom. The number of aliphatic carboxylic acids is 1. The number of likely N-dealkylation sites (tertiary alicyclic amines) is 1. The fraction of sp³-hybridized carbons (Fsp3) is 0.350. The van der Waals surface area contributed by atoms with Crippen LogP contribution in [-0.2, 0) is 20.9 Å². The van der Waals surface area contributed by atoms with E-state index in [2.05, 4.69) is 5.32 Å². The average Bonchev–Trinajstić information content (AvgIpc) is 3.33. The second kappa shape index (κ2) is 7.21. The summed E-state index contributed by atoms with van der Waals surface area (Å²) in [6.45, 7) is 1.37. The van der Waals surface area contributed by atoms with Crippen molar-refractivity contribution in [2.24, 2.45) is 11.8 Å². The summed E-state index contributed by atoms with van der Waals surface area (Å²) in [6.07, 6.45) is -1.40. The summed E-state index contributed by atoms with van der Waals surface area (Å²) in [6, 6.07) is 11.7. The summed E-state index contributed by atoms with van der Waals surface area (Å²) in [7, 11) is 0. The molecule has 2 aromatic rings. The highest BCUT2D eigenvalue weighted by molar-refractivity contribution is 7.16. The number of carbonyl (C=O) groups excluding carboxylic acids is 2. The third kappa shape index (κ3) is 2.98. The summed E-state index contributed by atoms with van der Waals surface area (Å²) >= 11 is 7.25. The lowest BCUT2D eigenvalue weighted by Gasteiger charge is -2.33. The molecule has 3 N–H and O–H groups in total. The number of benzene rings is 1. The predicted molar refractivity (Wildman–Crippen MR) is 106 cm³/mol. The predicted octanol–water partition coefficient (Wildman–Crippen LogP) is 2.05. The van der Waals surface area contributed by atoms with Crippen LogP contribution in [0.3, 0.4) is 0 Å². The van der Waals surface area contributed by atoms with E-state index in [1.54, 1.807) is 36.4 Å². The maximum Gasteiger partial charge on any atom is 0.327 e. The molecule has 0 saturated carbocycles. The van der Waals surface area contributed by atoms with Gasteiger partial charge in [0.15, 0.2) is 5.54 Å². The molecule has 2 aliphatic rings. The molecule has 0 bridgehead atoms. The standard InChI is InChI=1S/C20H19ClN2O5S/c1-10(24)20(19(27)28)15-14(16(22-20)12-7-8-13(21)29-12)17(25)23(18(15)26)9-11-5-3-2-4-6-11/h2-8,10,14-16,22,24H,9H2,1H3,(H,27,28). The lowest BCUT2D eigenvalue weighted by Crippen LogP contribution is -2.62. The Labute approximate surface area is 175 Å². The van der Waals surface area contributed by atoms with E-state index in [1.807, 2.05) is 6.07 Å². The minimum Gasteiger partial charge on any atom is -0.480 e. The third-order valence-corrected chi connectivity index (χ3v) is 7.10. The van der Waals surface area contributed by atoms with E-state index >= 15 is 0 Å². The van der Waals surface area contributed by atoms with Gasteiger partial charge in [0.25, 0.3) is 0 Å². The van der Waals surface area contributed by atoms with Crippen LogP contribution in [0.5, 0.6) is 0 Å². The van der Waals surface area contributed by atoms with Crippen LogP contribution >= 0.6 is 22.9 Å². The first-order valence-corrected chi connectivity index (χ1v) is 10.3. The number of fused-ring (bicyclic) bond motifs is 1. The molecule has 0 radical (unpaired) electrons. The normalized spacial score (nSPS) is 29.9. The molecular weight excluding hydrogens is 416 g/mol. The SMILES string of the molecule is CC(O)C1(C(=O)O)NC(c2ccc(Cl)s2)C2C(=O)N(Cc3ccccc3)C(=O)C21. The lowest BCUT2D eigenvalue weighted by molar-refractivity contribution is -0.157. The van der Waals surface area contributed by atoms with Crippen LogP contribution in [0.2, 0.25) is 4.34 Å². The van der Waals surface area contributed by atoms with Crippen molar-refractivity contribution >= 4 is 40.7 Å². The van der Waals surface area contributed by atoms with Crippen molar-refractivity contribution in [3.63, 3.8) is 0 Å². The molecule has 9 heteroatoms. The van der Waals surface area contributed by atoms with Crippen molar-refractivity contribution in [1.82, 2.24) is 10.2 Å². The highest BCUT2D eigenvalue weighted by atomic mass is 35.5. The molecule has 7 nitrogen and oxygen atoms in total. The Morgan fingerprint density at radius 2 is 1.93 bits per heavy atom. The van der Waals surface area contributed by atoms with E-state index in [-0.39, 0.29) is 6.54 Å². The number of hydrogen-bond donors (Lipinski definition) is 3. The van der Waals surface area contributed by atoms with Crippen molar-refractivity contribution < 1.29 is 24.6 Å². The van der Waals surface area contributed by atoms with Gasteiger partial charge in [-0.2, -0.15) is 0 Å². The van der Waals surface area contributed by atoms with Gasteiger partial charge in [0.1, 0.15) is 0 Å². The van der Waals surface area contributed by atoms with E-state index in [9.17, 15) is 24.6 Å². The van der Waals surface area contributed by atoms with E-state index in [4.69, 9.17) is 11.6 Å². The van der Waals surface area contributed by atoms with Gasteiger partial charge < -0.3 is 10.2 Å². The number of imide groups is 1. The lowest BCUT2D eigenvalue weighted by atomic mass is 9.77. The van der Waals surface area contributed by atoms with Crippen LogP contribution in [0, 0.1) is 11.8 Å². The van der Waals surface area contributed by atoms with E-state index in [0.717, 1.165) is 10.5 Å². The Bertz CT molecular complexity index is 978. The molecule has 1 aromatic heterocycles. The summed E-state index contributed by atoms with van der Waals surface area (Å²) in [5, 5.41) is 23.3. The number of carboxylic acids is 1. The van der Waals surface area contributed by atoms with Gasteiger partial charge in [-0.1, -0.05) is 41.9 Å². The van der Waals surface area contributed by atoms with Crippen LogP contribution < -0.4 is 5.32 Å². The Morgan fingerprint density at radius 1 is 1.24 bits per heavy atom. The molecule has 5 atom stereocenters. The van der Waals surface area contributed by atoms with Crippen LogP contribution in [0.15, 0.2) is 42.5 Å². The Kier molecular flexibility index (Phi) is 4.98. The molecule has 2 fully saturated rings. The van der Waals surface area contributed by atoms with Gasteiger partial charge in [-0.25, -0.2) is 0 Å². The molecule has 1 aromatic carbocycles. The van der Waals surface area contributed by atoms with Crippen molar-refractivity contribution in [2.75, 3.05) is 0 Å². The number of aliphatic hydroxyl groups excluding tert-OH is 1. The van der Waals surface area contributed by atoms with E-state index in [1.165, 1.54) is 18.3 Å². The maximum absolute atomic E-state index is 13.3. The number of carboxylic acid groups (broad SMARTS) is 1. The zero-order valence-corrected chi connectivity index (χ0v) is 17.0. The van der Waals surface area contributed by atoms with Crippen LogP contribution in [-0.4, -0.2) is 44.5 Å². The quantitative estimate of drug-likeness (QED) is 0.622. The molecule has 4 rings (SSSR count). The Hall–Kier alpha value is -2.26. The third-order valence-electron chi connectivity index (χ3n) is 5.78. The number of thiophene rings is 1. The Balaban J connectivity index is 1.79. The van der Waals surface area contributed by atoms with Crippen LogP contribution in [0.1, 0.15) is 23.4 Å². The highest BCUT2D eigenvalue weighted by Gasteiger charge is 2.70. The second-order valence-electron chi connectivity index (χ2n) is 7.37. The monoisotopic (exact) mass is 434 g/mol. The topological polar surface area (TPSA) is 107 Å². The van der Waals surface area contributed by atoms with E-state index in [0.29, 0.717) is 9.21 Å². The average molecular weight is 435 g/mol. The van der Waals surface area contributed by atoms with Crippen molar-refractivity contribution in [2.45, 2.75) is 31.2 Å². The van der Waals surface area contributed by atoms with Gasteiger partial charge in [0.05, 0.1) is 34.9 Å². The second-order valence-corrected chi connectivity index (χ2v) is 9.11. The fourth-order valence-corrected chi connectivity index (χ4v) is 5.58. The summed E-state index contributed by atoms with van der Waals surface area (Å²) in [4.78, 5) is 40.6. The number of carbonyl (C=O) groups is 3. The summed E-state index contributed by atoms with van der Waals surface area (Å²) < 4.78 is 0.487. The zero-order valence-electron chi connectivity index (χ0n) is 15.4. The minimum atomic E-state index is -1.97. The van der Waals surface area contributed by atoms with Crippen LogP contribution in [0.4, 0.5) is 0 Å². The molecule has 2 aliphatic heterocycles. The summed E-state index contributed by atoms with van der Waals surface area (Å²) in [5.74, 6) is -4.57. The smallest absolute Gasteiger partial charge is 0.327 e. The molecule has 2 saturated heterocycles. The van der Waals surface area contributed by atoms with Gasteiger partial charge in [-0.05, 0) is 24.6 Å². The fourth-order valence-electron chi connectivity index (χ4n) is 4.42. The number of nitrogens with one attached hydrogen (secondary N) is 1. The maximum atomic E-state index is 13.3. The van der Waals surface area contributed by atoms with Crippen molar-refractivity contribution in [3.8, 4) is 0 Å². The minimum absolute atomic E-state index is 0.0545. The summed E-state index contributed by atoms with van der Waals surface area (Å²) in [5.41, 5.74) is -1.21. The molecular formula is C20H19ClN2O5S. The van der Waals surface area contributed by atoms with Crippen molar-refractivity contribution in [3.05, 3.63) is 57.2 Å². The zero-order chi connectivity index (χ0) is 20.9. The first-order valence-electron chi connectivity index (χ1n) is 9.11. The molecule has 5 unspecified atom stereocenters. The number of nitrogens with zero attached hydrogens (tertiary/aromatic N) is 1. The largest absolute Gasteiger partial charge is 0.480 e. The molecule has 29 heavy (non-hydrogen) atoms. The van der Waals surface area contributed by atoms with Gasteiger partial charge in [0, 0.05) is 4.88 Å². The highest BCUT2D eigenvalue weighted by Crippen LogP contribution is 2.51. The number of hydrogen-bond acceptors (Lipinski definition) is 6. The van der Waals surface area contributed by atoms with E-state index < -0.39 is 47.3 Å². The van der Waals surface area contributed by atoms with Crippen LogP contribution in [0.25, 0.3) is 0 Å². The molecule has 152 valence electrons. The molecule has 0 aliphatic carbocycles. The van der Waals surface area contributed by atoms with Gasteiger partial charge >= 0.3 is 5.97 Å². The molecule has 0 spiro atoms. The van der Waals surface area contributed by atoms with Gasteiger partial charge in [-0.15, -0.1) is 11.3 Å². The number of amides is 2. The molecule has 2 amide bonds. The van der Waals surface area contributed by atoms with Gasteiger partial charge in [-0.3, -0.25) is 24.6 Å². The molecule has 3 heterocycles.